The Morgan fingerprint density at radius 3 is 2.47 bits per heavy atom. The highest BCUT2D eigenvalue weighted by molar-refractivity contribution is 5.78. The molecule has 0 aliphatic rings. The molecule has 220 valence electrons. The van der Waals surface area contributed by atoms with Gasteiger partial charge >= 0.3 is 0 Å². The van der Waals surface area contributed by atoms with E-state index < -0.39 is 17.4 Å². The van der Waals surface area contributed by atoms with Crippen LogP contribution < -0.4 is 20.3 Å². The van der Waals surface area contributed by atoms with Crippen molar-refractivity contribution in [1.29, 1.82) is 0 Å². The molecule has 3 aromatic carbocycles. The molecular formula is C33H31N3O7. The lowest BCUT2D eigenvalue weighted by atomic mass is 9.88. The first-order valence-corrected chi connectivity index (χ1v) is 13.7. The summed E-state index contributed by atoms with van der Waals surface area (Å²) in [6.07, 6.45) is 1.79. The average molecular weight is 582 g/mol. The normalized spacial score (nSPS) is 11.7. The number of phenols is 2. The van der Waals surface area contributed by atoms with Crippen LogP contribution in [0.2, 0.25) is 0 Å². The van der Waals surface area contributed by atoms with Crippen LogP contribution in [0.3, 0.4) is 0 Å². The molecule has 1 atom stereocenters. The molecule has 2 aromatic heterocycles. The fraction of sp³-hybridized carbons (Fsp3) is 0.182. The van der Waals surface area contributed by atoms with Crippen LogP contribution in [0, 0.1) is 0 Å². The number of hydrogen-bond acceptors (Lipinski definition) is 8. The van der Waals surface area contributed by atoms with E-state index in [4.69, 9.17) is 9.47 Å². The molecule has 10 nitrogen and oxygen atoms in total. The molecule has 5 rings (SSSR count). The molecule has 0 fully saturated rings. The lowest BCUT2D eigenvalue weighted by molar-refractivity contribution is -0.121. The third-order valence-corrected chi connectivity index (χ3v) is 7.09. The summed E-state index contributed by atoms with van der Waals surface area (Å²) in [7, 11) is 1.50. The van der Waals surface area contributed by atoms with Gasteiger partial charge in [0.15, 0.2) is 23.0 Å². The van der Waals surface area contributed by atoms with Crippen LogP contribution in [0.4, 0.5) is 0 Å². The van der Waals surface area contributed by atoms with Crippen molar-refractivity contribution in [2.75, 3.05) is 13.7 Å². The van der Waals surface area contributed by atoms with Gasteiger partial charge in [0.2, 0.25) is 11.8 Å². The smallest absolute Gasteiger partial charge is 0.265 e. The van der Waals surface area contributed by atoms with Crippen LogP contribution in [-0.2, 0) is 17.8 Å². The first-order valence-electron chi connectivity index (χ1n) is 13.7. The molecule has 0 aliphatic heterocycles. The molecule has 0 saturated carbocycles. The maximum Gasteiger partial charge on any atom is 0.265 e. The summed E-state index contributed by atoms with van der Waals surface area (Å²) in [5.41, 5.74) is 2.00. The zero-order valence-electron chi connectivity index (χ0n) is 23.4. The van der Waals surface area contributed by atoms with E-state index in [0.29, 0.717) is 30.1 Å². The number of rotatable bonds is 11. The van der Waals surface area contributed by atoms with Crippen molar-refractivity contribution >= 4 is 11.6 Å². The Labute approximate surface area is 247 Å². The molecule has 43 heavy (non-hydrogen) atoms. The number of ether oxygens (including phenoxy) is 2. The second-order valence-corrected chi connectivity index (χ2v) is 9.95. The molecule has 0 aliphatic carbocycles. The average Bonchev–Trinajstić information content (AvgIpc) is 3.01. The van der Waals surface area contributed by atoms with Crippen LogP contribution >= 0.6 is 0 Å². The number of carbonyl (C=O) groups excluding carboxylic acids is 1. The van der Waals surface area contributed by atoms with Gasteiger partial charge in [-0.15, -0.1) is 0 Å². The van der Waals surface area contributed by atoms with E-state index in [1.807, 2.05) is 30.3 Å². The molecular weight excluding hydrogens is 550 g/mol. The zero-order chi connectivity index (χ0) is 30.3. The fourth-order valence-corrected chi connectivity index (χ4v) is 4.87. The van der Waals surface area contributed by atoms with Crippen molar-refractivity contribution in [3.8, 4) is 28.9 Å². The number of methoxy groups -OCH3 is 1. The Kier molecular flexibility index (Phi) is 8.76. The highest BCUT2D eigenvalue weighted by Crippen LogP contribution is 2.37. The van der Waals surface area contributed by atoms with Gasteiger partial charge in [-0.2, -0.15) is 4.98 Å². The standard InChI is InChI=1S/C33H31N3O7/c1-42-28-18-23(11-13-27(28)43-20-22-7-3-2-4-8-22)24(31-32(40)35-29-9-5-6-16-36(29)33(31)41)19-30(39)34-15-14-21-10-12-25(37)26(38)17-21/h2-13,16-18,24,37-38,40H,14-15,19-20H2,1H3,(H,34,39). The third-order valence-electron chi connectivity index (χ3n) is 7.09. The zero-order valence-corrected chi connectivity index (χ0v) is 23.4. The summed E-state index contributed by atoms with van der Waals surface area (Å²) in [4.78, 5) is 31.0. The number of hydrogen-bond donors (Lipinski definition) is 4. The van der Waals surface area contributed by atoms with E-state index in [9.17, 15) is 24.9 Å². The summed E-state index contributed by atoms with van der Waals surface area (Å²) >= 11 is 0. The molecule has 0 saturated heterocycles. The summed E-state index contributed by atoms with van der Waals surface area (Å²) in [6, 6.07) is 24.3. The lowest BCUT2D eigenvalue weighted by Crippen LogP contribution is -2.30. The summed E-state index contributed by atoms with van der Waals surface area (Å²) in [5.74, 6) is -1.28. The number of nitrogens with one attached hydrogen (secondary N) is 1. The number of fused-ring (bicyclic) bond motifs is 1. The van der Waals surface area contributed by atoms with Gasteiger partial charge in [0.05, 0.1) is 12.7 Å². The van der Waals surface area contributed by atoms with Crippen molar-refractivity contribution < 1.29 is 29.6 Å². The fourth-order valence-electron chi connectivity index (χ4n) is 4.87. The quantitative estimate of drug-likeness (QED) is 0.169. The minimum Gasteiger partial charge on any atom is -0.504 e. The van der Waals surface area contributed by atoms with E-state index in [0.717, 1.165) is 11.1 Å². The van der Waals surface area contributed by atoms with Crippen molar-refractivity contribution in [2.45, 2.75) is 25.4 Å². The minimum atomic E-state index is -0.869. The summed E-state index contributed by atoms with van der Waals surface area (Å²) in [5, 5.41) is 33.1. The van der Waals surface area contributed by atoms with Gasteiger partial charge in [-0.3, -0.25) is 14.0 Å². The number of aromatic hydroxyl groups is 3. The van der Waals surface area contributed by atoms with Crippen LogP contribution in [0.1, 0.15) is 34.6 Å². The van der Waals surface area contributed by atoms with E-state index >= 15 is 0 Å². The van der Waals surface area contributed by atoms with Gasteiger partial charge in [0.1, 0.15) is 12.3 Å². The van der Waals surface area contributed by atoms with Gasteiger partial charge in [-0.05, 0) is 59.5 Å². The van der Waals surface area contributed by atoms with Crippen molar-refractivity contribution in [1.82, 2.24) is 14.7 Å². The minimum absolute atomic E-state index is 0.0256. The first-order chi connectivity index (χ1) is 20.8. The number of amides is 1. The summed E-state index contributed by atoms with van der Waals surface area (Å²) in [6.45, 7) is 0.560. The largest absolute Gasteiger partial charge is 0.504 e. The van der Waals surface area contributed by atoms with E-state index in [-0.39, 0.29) is 41.6 Å². The monoisotopic (exact) mass is 581 g/mol. The Hall–Kier alpha value is -5.51. The molecule has 0 radical (unpaired) electrons. The topological polar surface area (TPSA) is 143 Å². The van der Waals surface area contributed by atoms with Crippen LogP contribution in [0.15, 0.2) is 95.9 Å². The van der Waals surface area contributed by atoms with Crippen LogP contribution in [0.25, 0.3) is 5.65 Å². The third kappa shape index (κ3) is 6.70. The molecule has 5 aromatic rings. The first kappa shape index (κ1) is 29.0. The maximum absolute atomic E-state index is 13.6. The molecule has 0 spiro atoms. The molecule has 0 bridgehead atoms. The number of phenolic OH excluding ortho intramolecular Hbond substituents is 2. The number of benzene rings is 3. The number of aromatic nitrogens is 2. The number of carbonyl (C=O) groups is 1. The summed E-state index contributed by atoms with van der Waals surface area (Å²) < 4.78 is 12.9. The predicted molar refractivity (Wildman–Crippen MR) is 160 cm³/mol. The van der Waals surface area contributed by atoms with E-state index in [1.54, 1.807) is 48.7 Å². The second-order valence-electron chi connectivity index (χ2n) is 9.95. The predicted octanol–water partition coefficient (Wildman–Crippen LogP) is 4.28. The number of pyridine rings is 1. The Morgan fingerprint density at radius 1 is 0.907 bits per heavy atom. The van der Waals surface area contributed by atoms with Gasteiger partial charge in [-0.25, -0.2) is 0 Å². The van der Waals surface area contributed by atoms with Gasteiger partial charge in [0.25, 0.3) is 5.56 Å². The van der Waals surface area contributed by atoms with E-state index in [2.05, 4.69) is 10.3 Å². The second kappa shape index (κ2) is 13.0. The maximum atomic E-state index is 13.6. The Balaban J connectivity index is 1.43. The molecule has 4 N–H and O–H groups in total. The molecule has 1 amide bonds. The Bertz CT molecular complexity index is 1800. The molecule has 10 heteroatoms. The SMILES string of the molecule is COc1cc(C(CC(=O)NCCc2ccc(O)c(O)c2)c2c(O)nc3ccccn3c2=O)ccc1OCc1ccccc1. The van der Waals surface area contributed by atoms with Gasteiger partial charge in [0, 0.05) is 25.1 Å². The highest BCUT2D eigenvalue weighted by Gasteiger charge is 2.27. The van der Waals surface area contributed by atoms with Gasteiger partial charge < -0.3 is 30.1 Å². The van der Waals surface area contributed by atoms with Crippen molar-refractivity contribution in [2.24, 2.45) is 0 Å². The van der Waals surface area contributed by atoms with E-state index in [1.165, 1.54) is 23.6 Å². The van der Waals surface area contributed by atoms with Crippen LogP contribution in [-0.4, -0.2) is 44.3 Å². The van der Waals surface area contributed by atoms with Gasteiger partial charge in [-0.1, -0.05) is 48.5 Å². The molecule has 1 unspecified atom stereocenters. The van der Waals surface area contributed by atoms with Crippen LogP contribution in [0.5, 0.6) is 28.9 Å². The van der Waals surface area contributed by atoms with Crippen molar-refractivity contribution in [3.63, 3.8) is 0 Å². The molecule has 2 heterocycles. The van der Waals surface area contributed by atoms with Crippen molar-refractivity contribution in [3.05, 3.63) is 124 Å². The lowest BCUT2D eigenvalue weighted by Gasteiger charge is -2.20. The number of nitrogens with zero attached hydrogens (tertiary/aromatic N) is 2. The highest BCUT2D eigenvalue weighted by atomic mass is 16.5. The Morgan fingerprint density at radius 2 is 1.70 bits per heavy atom.